The Morgan fingerprint density at radius 1 is 1.05 bits per heavy atom. The molecule has 6 fully saturated rings. The molecule has 5 aliphatic carbocycles. The molecule has 1 aromatic carbocycles. The molecule has 1 amide bonds. The molecule has 236 valence electrons. The third-order valence-corrected chi connectivity index (χ3v) is 12.7. The highest BCUT2D eigenvalue weighted by atomic mass is 16.6. The minimum absolute atomic E-state index is 0.0723. The average Bonchev–Trinajstić information content (AvgIpc) is 3.36. The molecule has 7 rings (SSSR count). The van der Waals surface area contributed by atoms with E-state index in [1.54, 1.807) is 45.6 Å². The summed E-state index contributed by atoms with van der Waals surface area (Å²) in [4.78, 5) is 28.1. The number of nitrogens with zero attached hydrogens (tertiary/aromatic N) is 1. The molecule has 0 aromatic heterocycles. The Kier molecular flexibility index (Phi) is 6.50. The molecule has 11 nitrogen and oxygen atoms in total. The van der Waals surface area contributed by atoms with Crippen LogP contribution in [0.5, 0.6) is 0 Å². The maximum absolute atomic E-state index is 14.0. The van der Waals surface area contributed by atoms with E-state index in [9.17, 15) is 24.9 Å². The number of carbonyl (C=O) groups is 2. The molecule has 4 N–H and O–H groups in total. The first-order valence-corrected chi connectivity index (χ1v) is 15.5. The summed E-state index contributed by atoms with van der Waals surface area (Å²) in [5.74, 6) is -1.97. The number of aliphatic hydroxyl groups is 3. The third-order valence-electron chi connectivity index (χ3n) is 12.7. The fraction of sp³-hybridized carbons (Fsp3) is 0.750. The van der Waals surface area contributed by atoms with E-state index in [2.05, 4.69) is 10.2 Å². The summed E-state index contributed by atoms with van der Waals surface area (Å²) in [6, 6.07) is 6.23. The van der Waals surface area contributed by atoms with Gasteiger partial charge in [0.1, 0.15) is 22.4 Å². The summed E-state index contributed by atoms with van der Waals surface area (Å²) in [5.41, 5.74) is -6.72. The van der Waals surface area contributed by atoms with Crippen molar-refractivity contribution < 1.29 is 43.9 Å². The van der Waals surface area contributed by atoms with Crippen LogP contribution in [0, 0.1) is 23.2 Å². The van der Waals surface area contributed by atoms with Crippen molar-refractivity contribution >= 4 is 17.6 Å². The van der Waals surface area contributed by atoms with Gasteiger partial charge in [0, 0.05) is 64.4 Å². The van der Waals surface area contributed by atoms with Crippen LogP contribution in [0.25, 0.3) is 0 Å². The standard InChI is InChI=1S/C32H44N2O9/c1-6-34-16-28(43-26(36)18-9-7-8-10-20(18)33-17(2)35)12-11-24(41-4)31-22-13-19-21(40-3)14-30(38,32(22,39)25(19)42-5)29(37,27(31)34)15-23(28)31/h7-10,19,21-25,27,37-39H,6,11-16H2,1-5H3,(H,33,35). The number of piperidine rings is 1. The van der Waals surface area contributed by atoms with Crippen molar-refractivity contribution in [3.63, 3.8) is 0 Å². The number of methoxy groups -OCH3 is 3. The van der Waals surface area contributed by atoms with E-state index < -0.39 is 63.9 Å². The van der Waals surface area contributed by atoms with Gasteiger partial charge in [0.25, 0.3) is 0 Å². The first-order chi connectivity index (χ1) is 20.4. The van der Waals surface area contributed by atoms with Crippen LogP contribution in [0.15, 0.2) is 24.3 Å². The summed E-state index contributed by atoms with van der Waals surface area (Å²) in [6.45, 7) is 4.30. The van der Waals surface area contributed by atoms with Crippen molar-refractivity contribution in [2.75, 3.05) is 39.7 Å². The zero-order valence-corrected chi connectivity index (χ0v) is 25.5. The predicted octanol–water partition coefficient (Wildman–Crippen LogP) is 1.34. The van der Waals surface area contributed by atoms with Crippen molar-refractivity contribution in [1.82, 2.24) is 4.90 Å². The number of fused-ring (bicyclic) bond motifs is 2. The molecule has 5 saturated carbocycles. The Balaban J connectivity index is 1.41. The van der Waals surface area contributed by atoms with Gasteiger partial charge in [0.2, 0.25) is 5.91 Å². The molecule has 1 aliphatic heterocycles. The van der Waals surface area contributed by atoms with Crippen LogP contribution in [-0.2, 0) is 23.7 Å². The lowest BCUT2D eigenvalue weighted by molar-refractivity contribution is -0.369. The molecule has 43 heavy (non-hydrogen) atoms. The first-order valence-electron chi connectivity index (χ1n) is 15.5. The number of anilines is 1. The first kappa shape index (κ1) is 29.6. The van der Waals surface area contributed by atoms with Crippen molar-refractivity contribution in [1.29, 1.82) is 0 Å². The van der Waals surface area contributed by atoms with E-state index in [4.69, 9.17) is 18.9 Å². The fourth-order valence-electron chi connectivity index (χ4n) is 11.6. The van der Waals surface area contributed by atoms with Gasteiger partial charge in [-0.25, -0.2) is 4.79 Å². The van der Waals surface area contributed by atoms with Gasteiger partial charge in [0.15, 0.2) is 0 Å². The Bertz CT molecular complexity index is 1340. The van der Waals surface area contributed by atoms with Gasteiger partial charge in [-0.2, -0.15) is 0 Å². The van der Waals surface area contributed by atoms with Crippen molar-refractivity contribution in [2.45, 2.75) is 92.7 Å². The van der Waals surface area contributed by atoms with Gasteiger partial charge in [-0.05, 0) is 44.4 Å². The molecule has 1 saturated heterocycles. The monoisotopic (exact) mass is 600 g/mol. The number of likely N-dealkylation sites (tertiary alicyclic amines) is 1. The van der Waals surface area contributed by atoms with Crippen molar-refractivity contribution in [2.24, 2.45) is 23.2 Å². The number of hydrogen-bond donors (Lipinski definition) is 4. The topological polar surface area (TPSA) is 147 Å². The Labute approximate surface area is 251 Å². The Morgan fingerprint density at radius 2 is 1.79 bits per heavy atom. The number of rotatable bonds is 7. The molecular formula is C32H44N2O9. The molecule has 1 aromatic rings. The molecule has 1 spiro atoms. The van der Waals surface area contributed by atoms with Crippen molar-refractivity contribution in [3.05, 3.63) is 29.8 Å². The Morgan fingerprint density at radius 3 is 2.44 bits per heavy atom. The van der Waals surface area contributed by atoms with E-state index in [0.717, 1.165) is 0 Å². The molecule has 1 heterocycles. The molecule has 6 aliphatic rings. The third kappa shape index (κ3) is 3.24. The zero-order valence-electron chi connectivity index (χ0n) is 25.5. The largest absolute Gasteiger partial charge is 0.454 e. The molecule has 12 atom stereocenters. The normalized spacial score (nSPS) is 49.1. The van der Waals surface area contributed by atoms with E-state index in [1.165, 1.54) is 6.92 Å². The number of ether oxygens (including phenoxy) is 4. The smallest absolute Gasteiger partial charge is 0.340 e. The zero-order chi connectivity index (χ0) is 30.7. The molecule has 11 heteroatoms. The van der Waals surface area contributed by atoms with E-state index in [-0.39, 0.29) is 36.3 Å². The number of benzene rings is 1. The number of carbonyl (C=O) groups excluding carboxylic acids is 2. The highest BCUT2D eigenvalue weighted by Crippen LogP contribution is 2.80. The number of para-hydroxylation sites is 1. The van der Waals surface area contributed by atoms with Crippen LogP contribution in [0.4, 0.5) is 5.69 Å². The maximum atomic E-state index is 14.0. The number of amides is 1. The number of hydrogen-bond acceptors (Lipinski definition) is 10. The van der Waals surface area contributed by atoms with Crippen LogP contribution in [0.1, 0.15) is 56.3 Å². The quantitative estimate of drug-likeness (QED) is 0.338. The number of esters is 1. The van der Waals surface area contributed by atoms with E-state index >= 15 is 0 Å². The van der Waals surface area contributed by atoms with Gasteiger partial charge >= 0.3 is 5.97 Å². The highest BCUT2D eigenvalue weighted by Gasteiger charge is 2.93. The second-order valence-corrected chi connectivity index (χ2v) is 13.9. The highest BCUT2D eigenvalue weighted by molar-refractivity contribution is 6.00. The molecule has 7 bridgehead atoms. The van der Waals surface area contributed by atoms with Gasteiger partial charge in [0.05, 0.1) is 35.6 Å². The van der Waals surface area contributed by atoms with Crippen LogP contribution in [-0.4, -0.2) is 113 Å². The van der Waals surface area contributed by atoms with Crippen LogP contribution in [0.3, 0.4) is 0 Å². The lowest BCUT2D eigenvalue weighted by Gasteiger charge is -2.71. The van der Waals surface area contributed by atoms with Crippen molar-refractivity contribution in [3.8, 4) is 0 Å². The van der Waals surface area contributed by atoms with Crippen LogP contribution < -0.4 is 5.32 Å². The fourth-order valence-corrected chi connectivity index (χ4v) is 11.6. The predicted molar refractivity (Wildman–Crippen MR) is 153 cm³/mol. The Hall–Kier alpha value is -2.12. The second-order valence-electron chi connectivity index (χ2n) is 13.9. The lowest BCUT2D eigenvalue weighted by Crippen LogP contribution is -2.87. The summed E-state index contributed by atoms with van der Waals surface area (Å²) in [5, 5.41) is 41.5. The molecular weight excluding hydrogens is 556 g/mol. The SMILES string of the molecule is CCN1CC2(OC(=O)c3ccccc3NC(C)=O)CCC(OC)C34C2CC(O)(C13)C1(O)CC(OC)C2CC4C1(O)C2OC. The number of likely N-dealkylation sites (N-methyl/N-ethyl adjacent to an activating group) is 1. The van der Waals surface area contributed by atoms with Gasteiger partial charge < -0.3 is 39.6 Å². The second kappa shape index (κ2) is 9.45. The number of nitrogens with one attached hydrogen (secondary N) is 1. The maximum Gasteiger partial charge on any atom is 0.340 e. The van der Waals surface area contributed by atoms with E-state index in [1.807, 2.05) is 6.92 Å². The minimum Gasteiger partial charge on any atom is -0.454 e. The lowest BCUT2D eigenvalue weighted by atomic mass is 9.43. The van der Waals surface area contributed by atoms with Crippen LogP contribution >= 0.6 is 0 Å². The average molecular weight is 601 g/mol. The van der Waals surface area contributed by atoms with Crippen LogP contribution in [0.2, 0.25) is 0 Å². The van der Waals surface area contributed by atoms with E-state index in [0.29, 0.717) is 38.0 Å². The van der Waals surface area contributed by atoms with Gasteiger partial charge in [-0.1, -0.05) is 19.1 Å². The summed E-state index contributed by atoms with van der Waals surface area (Å²) in [7, 11) is 4.82. The minimum atomic E-state index is -1.93. The van der Waals surface area contributed by atoms with Gasteiger partial charge in [-0.3, -0.25) is 9.69 Å². The summed E-state index contributed by atoms with van der Waals surface area (Å²) in [6.07, 6.45) is 0.245. The summed E-state index contributed by atoms with van der Waals surface area (Å²) < 4.78 is 24.8. The van der Waals surface area contributed by atoms with Gasteiger partial charge in [-0.15, -0.1) is 0 Å². The molecule has 0 radical (unpaired) electrons. The summed E-state index contributed by atoms with van der Waals surface area (Å²) >= 11 is 0. The molecule has 12 unspecified atom stereocenters.